The van der Waals surface area contributed by atoms with Gasteiger partial charge in [0.2, 0.25) is 0 Å². The Morgan fingerprint density at radius 1 is 1.47 bits per heavy atom. The number of nitrogens with zero attached hydrogens (tertiary/aromatic N) is 1. The molecule has 84 valence electrons. The highest BCUT2D eigenvalue weighted by Crippen LogP contribution is 2.20. The van der Waals surface area contributed by atoms with E-state index < -0.39 is 18.8 Å². The Labute approximate surface area is 83.9 Å². The monoisotopic (exact) mass is 221 g/mol. The first-order valence-corrected chi connectivity index (χ1v) is 4.10. The number of nitrogens with one attached hydrogen (secondary N) is 1. The zero-order chi connectivity index (χ0) is 11.5. The molecule has 0 saturated heterocycles. The van der Waals surface area contributed by atoms with Crippen molar-refractivity contribution in [3.8, 4) is 0 Å². The lowest BCUT2D eigenvalue weighted by molar-refractivity contribution is -0.198. The van der Waals surface area contributed by atoms with E-state index in [2.05, 4.69) is 10.3 Å². The third-order valence-corrected chi connectivity index (χ3v) is 1.66. The maximum Gasteiger partial charge on any atom is 0.416 e. The maximum atomic E-state index is 11.9. The van der Waals surface area contributed by atoms with Gasteiger partial charge in [-0.25, -0.2) is 4.98 Å². The molecular formula is C8H10F3N3O. The number of hydrogen-bond donors (Lipinski definition) is 3. The van der Waals surface area contributed by atoms with Gasteiger partial charge in [0.25, 0.3) is 0 Å². The molecule has 1 aromatic rings. The predicted octanol–water partition coefficient (Wildman–Crippen LogP) is 0.999. The minimum absolute atomic E-state index is 0.275. The Bertz CT molecular complexity index is 312. The number of aromatic nitrogens is 1. The molecule has 1 aromatic heterocycles. The molecule has 4 nitrogen and oxygen atoms in total. The second-order valence-electron chi connectivity index (χ2n) is 2.91. The fourth-order valence-corrected chi connectivity index (χ4v) is 0.840. The molecule has 15 heavy (non-hydrogen) atoms. The summed E-state index contributed by atoms with van der Waals surface area (Å²) in [6, 6.07) is 2.92. The van der Waals surface area contributed by atoms with Crippen LogP contribution in [0.3, 0.4) is 0 Å². The Hall–Kier alpha value is -1.50. The van der Waals surface area contributed by atoms with Gasteiger partial charge in [0.15, 0.2) is 6.10 Å². The van der Waals surface area contributed by atoms with Crippen LogP contribution in [-0.2, 0) is 0 Å². The molecule has 1 heterocycles. The molecule has 7 heteroatoms. The second-order valence-corrected chi connectivity index (χ2v) is 2.91. The molecule has 0 spiro atoms. The van der Waals surface area contributed by atoms with Crippen LogP contribution in [0.5, 0.6) is 0 Å². The molecule has 0 aromatic carbocycles. The van der Waals surface area contributed by atoms with E-state index in [1.54, 1.807) is 0 Å². The summed E-state index contributed by atoms with van der Waals surface area (Å²) in [5.74, 6) is 0.275. The largest absolute Gasteiger partial charge is 0.416 e. The van der Waals surface area contributed by atoms with E-state index in [1.807, 2.05) is 0 Å². The van der Waals surface area contributed by atoms with Gasteiger partial charge in [0.05, 0.1) is 11.9 Å². The van der Waals surface area contributed by atoms with Crippen LogP contribution < -0.4 is 11.1 Å². The zero-order valence-corrected chi connectivity index (χ0v) is 7.62. The molecular weight excluding hydrogens is 211 g/mol. The molecule has 0 radical (unpaired) electrons. The summed E-state index contributed by atoms with van der Waals surface area (Å²) < 4.78 is 35.7. The van der Waals surface area contributed by atoms with Crippen molar-refractivity contribution in [3.05, 3.63) is 18.3 Å². The van der Waals surface area contributed by atoms with E-state index in [0.29, 0.717) is 5.69 Å². The quantitative estimate of drug-likeness (QED) is 0.712. The Kier molecular flexibility index (Phi) is 3.35. The van der Waals surface area contributed by atoms with Gasteiger partial charge < -0.3 is 16.2 Å². The number of aliphatic hydroxyl groups excluding tert-OH is 1. The topological polar surface area (TPSA) is 71.2 Å². The molecule has 4 N–H and O–H groups in total. The van der Waals surface area contributed by atoms with E-state index in [1.165, 1.54) is 18.3 Å². The van der Waals surface area contributed by atoms with Crippen LogP contribution in [0.15, 0.2) is 18.3 Å². The highest BCUT2D eigenvalue weighted by atomic mass is 19.4. The third kappa shape index (κ3) is 3.62. The minimum atomic E-state index is -4.62. The number of halogens is 3. The van der Waals surface area contributed by atoms with Crippen LogP contribution >= 0.6 is 0 Å². The number of aliphatic hydroxyl groups is 1. The minimum Gasteiger partial charge on any atom is -0.384 e. The van der Waals surface area contributed by atoms with Gasteiger partial charge >= 0.3 is 6.18 Å². The van der Waals surface area contributed by atoms with Gasteiger partial charge in [-0.3, -0.25) is 0 Å². The van der Waals surface area contributed by atoms with Crippen molar-refractivity contribution in [2.75, 3.05) is 17.6 Å². The molecule has 0 amide bonds. The molecule has 0 saturated carbocycles. The Morgan fingerprint density at radius 2 is 2.13 bits per heavy atom. The van der Waals surface area contributed by atoms with Crippen molar-refractivity contribution in [3.63, 3.8) is 0 Å². The molecule has 0 aliphatic heterocycles. The fourth-order valence-electron chi connectivity index (χ4n) is 0.840. The summed E-state index contributed by atoms with van der Waals surface area (Å²) in [6.45, 7) is -0.616. The molecule has 0 aliphatic rings. The number of rotatable bonds is 3. The van der Waals surface area contributed by atoms with Gasteiger partial charge in [0, 0.05) is 6.54 Å². The normalized spacial score (nSPS) is 13.6. The number of nitrogens with two attached hydrogens (primary N) is 1. The summed E-state index contributed by atoms with van der Waals surface area (Å²) in [6.07, 6.45) is -5.72. The number of anilines is 2. The van der Waals surface area contributed by atoms with Crippen molar-refractivity contribution < 1.29 is 18.3 Å². The highest BCUT2D eigenvalue weighted by molar-refractivity contribution is 5.45. The first-order chi connectivity index (χ1) is 6.89. The number of hydrogen-bond acceptors (Lipinski definition) is 4. The first kappa shape index (κ1) is 11.6. The van der Waals surface area contributed by atoms with Gasteiger partial charge in [-0.2, -0.15) is 13.2 Å². The van der Waals surface area contributed by atoms with Gasteiger partial charge in [-0.1, -0.05) is 0 Å². The molecule has 0 aliphatic carbocycles. The van der Waals surface area contributed by atoms with Gasteiger partial charge in [0.1, 0.15) is 5.82 Å². The van der Waals surface area contributed by atoms with Crippen LogP contribution in [0.2, 0.25) is 0 Å². The lowest BCUT2D eigenvalue weighted by Gasteiger charge is -2.15. The fraction of sp³-hybridized carbons (Fsp3) is 0.375. The van der Waals surface area contributed by atoms with E-state index in [0.717, 1.165) is 0 Å². The summed E-state index contributed by atoms with van der Waals surface area (Å²) in [5, 5.41) is 11.1. The highest BCUT2D eigenvalue weighted by Gasteiger charge is 2.37. The number of nitrogen functional groups attached to an aromatic ring is 1. The van der Waals surface area contributed by atoms with Crippen molar-refractivity contribution in [1.29, 1.82) is 0 Å². The van der Waals surface area contributed by atoms with Crippen molar-refractivity contribution in [2.45, 2.75) is 12.3 Å². The summed E-state index contributed by atoms with van der Waals surface area (Å²) in [5.41, 5.74) is 5.65. The lowest BCUT2D eigenvalue weighted by Crippen LogP contribution is -2.35. The van der Waals surface area contributed by atoms with E-state index in [4.69, 9.17) is 10.8 Å². The van der Waals surface area contributed by atoms with Crippen LogP contribution in [0, 0.1) is 0 Å². The Morgan fingerprint density at radius 3 is 2.60 bits per heavy atom. The maximum absolute atomic E-state index is 11.9. The molecule has 1 rings (SSSR count). The summed E-state index contributed by atoms with van der Waals surface area (Å²) in [4.78, 5) is 3.67. The van der Waals surface area contributed by atoms with Gasteiger partial charge in [-0.15, -0.1) is 0 Å². The van der Waals surface area contributed by atoms with Crippen molar-refractivity contribution in [1.82, 2.24) is 4.98 Å². The third-order valence-electron chi connectivity index (χ3n) is 1.66. The average Bonchev–Trinajstić information content (AvgIpc) is 2.15. The van der Waals surface area contributed by atoms with E-state index in [9.17, 15) is 13.2 Å². The number of alkyl halides is 3. The van der Waals surface area contributed by atoms with Crippen molar-refractivity contribution >= 4 is 11.5 Å². The lowest BCUT2D eigenvalue weighted by atomic mass is 10.3. The summed E-state index contributed by atoms with van der Waals surface area (Å²) in [7, 11) is 0. The van der Waals surface area contributed by atoms with E-state index in [-0.39, 0.29) is 5.82 Å². The Balaban J connectivity index is 2.47. The predicted molar refractivity (Wildman–Crippen MR) is 49.2 cm³/mol. The molecule has 1 unspecified atom stereocenters. The smallest absolute Gasteiger partial charge is 0.384 e. The number of pyridine rings is 1. The second kappa shape index (κ2) is 4.35. The molecule has 0 bridgehead atoms. The average molecular weight is 221 g/mol. The van der Waals surface area contributed by atoms with E-state index >= 15 is 0 Å². The van der Waals surface area contributed by atoms with Crippen LogP contribution in [0.25, 0.3) is 0 Å². The zero-order valence-electron chi connectivity index (χ0n) is 7.62. The standard InChI is InChI=1S/C8H10F3N3O/c9-8(10,11)6(15)4-13-5-1-2-7(12)14-3-5/h1-3,6,13,15H,4H2,(H2,12,14). The molecule has 1 atom stereocenters. The van der Waals surface area contributed by atoms with Crippen LogP contribution in [0.1, 0.15) is 0 Å². The first-order valence-electron chi connectivity index (χ1n) is 4.10. The summed E-state index contributed by atoms with van der Waals surface area (Å²) >= 11 is 0. The van der Waals surface area contributed by atoms with Crippen LogP contribution in [0.4, 0.5) is 24.7 Å². The van der Waals surface area contributed by atoms with Gasteiger partial charge in [-0.05, 0) is 12.1 Å². The SMILES string of the molecule is Nc1ccc(NCC(O)C(F)(F)F)cn1. The van der Waals surface area contributed by atoms with Crippen molar-refractivity contribution in [2.24, 2.45) is 0 Å². The van der Waals surface area contributed by atoms with Crippen LogP contribution in [-0.4, -0.2) is 28.9 Å². The molecule has 0 fully saturated rings.